The van der Waals surface area contributed by atoms with Crippen LogP contribution < -0.4 is 5.32 Å². The van der Waals surface area contributed by atoms with E-state index in [0.29, 0.717) is 22.8 Å². The number of ketones is 1. The van der Waals surface area contributed by atoms with Gasteiger partial charge >= 0.3 is 5.97 Å². The lowest BCUT2D eigenvalue weighted by Crippen LogP contribution is -2.20. The lowest BCUT2D eigenvalue weighted by Gasteiger charge is -2.14. The van der Waals surface area contributed by atoms with E-state index in [-0.39, 0.29) is 29.7 Å². The maximum absolute atomic E-state index is 12.5. The van der Waals surface area contributed by atoms with Crippen LogP contribution in [0.15, 0.2) is 12.3 Å². The van der Waals surface area contributed by atoms with Crippen molar-refractivity contribution in [2.24, 2.45) is 0 Å². The molecule has 2 N–H and O–H groups in total. The van der Waals surface area contributed by atoms with Crippen LogP contribution in [0, 0.1) is 6.92 Å². The van der Waals surface area contributed by atoms with Gasteiger partial charge in [0.25, 0.3) is 0 Å². The molecule has 140 valence electrons. The summed E-state index contributed by atoms with van der Waals surface area (Å²) >= 11 is 0. The molecule has 0 aromatic carbocycles. The average molecular weight is 360 g/mol. The number of esters is 1. The third kappa shape index (κ3) is 3.84. The van der Waals surface area contributed by atoms with Gasteiger partial charge in [-0.25, -0.2) is 9.48 Å². The molecule has 0 saturated heterocycles. The number of carbonyl (C=O) groups is 3. The second-order valence-corrected chi connectivity index (χ2v) is 6.17. The molecule has 2 aromatic heterocycles. The van der Waals surface area contributed by atoms with E-state index in [4.69, 9.17) is 4.74 Å². The molecule has 2 heterocycles. The Labute approximate surface area is 151 Å². The predicted molar refractivity (Wildman–Crippen MR) is 96.4 cm³/mol. The largest absolute Gasteiger partial charge is 0.465 e. The van der Waals surface area contributed by atoms with Crippen molar-refractivity contribution in [3.05, 3.63) is 34.8 Å². The van der Waals surface area contributed by atoms with E-state index in [1.807, 2.05) is 13.8 Å². The van der Waals surface area contributed by atoms with Crippen LogP contribution in [0.2, 0.25) is 0 Å². The number of carbonyl (C=O) groups excluding carboxylic acids is 3. The van der Waals surface area contributed by atoms with Crippen LogP contribution in [0.25, 0.3) is 0 Å². The molecule has 8 nitrogen and oxygen atoms in total. The highest BCUT2D eigenvalue weighted by atomic mass is 16.5. The summed E-state index contributed by atoms with van der Waals surface area (Å²) in [6.45, 7) is 7.09. The molecular weight excluding hydrogens is 336 g/mol. The third-order valence-corrected chi connectivity index (χ3v) is 4.35. The van der Waals surface area contributed by atoms with Crippen molar-refractivity contribution in [3.8, 4) is 0 Å². The number of anilines is 1. The molecule has 0 radical (unpaired) electrons. The highest BCUT2D eigenvalue weighted by Gasteiger charge is 2.24. The van der Waals surface area contributed by atoms with Gasteiger partial charge in [-0.2, -0.15) is 5.10 Å². The fourth-order valence-electron chi connectivity index (χ4n) is 2.81. The standard InChI is InChI=1S/C18H24N4O4/c1-6-10(2)22-14(7-8-19-22)21-15(24)9-13-16(18(25)26-5)11(3)17(20-13)12(4)23/h7-8,10,20H,6,9H2,1-5H3,(H,21,24). The first-order chi connectivity index (χ1) is 12.3. The Morgan fingerprint density at radius 1 is 1.38 bits per heavy atom. The molecule has 1 unspecified atom stereocenters. The van der Waals surface area contributed by atoms with E-state index < -0.39 is 5.97 Å². The van der Waals surface area contributed by atoms with Crippen LogP contribution in [0.1, 0.15) is 65.3 Å². The Morgan fingerprint density at radius 3 is 2.65 bits per heavy atom. The number of aromatic amines is 1. The molecule has 0 aliphatic carbocycles. The fourth-order valence-corrected chi connectivity index (χ4v) is 2.81. The molecule has 0 saturated carbocycles. The fraction of sp³-hybridized carbons (Fsp3) is 0.444. The van der Waals surface area contributed by atoms with Crippen LogP contribution in [-0.4, -0.2) is 39.5 Å². The van der Waals surface area contributed by atoms with Gasteiger partial charge in [0.2, 0.25) is 5.91 Å². The SMILES string of the molecule is CCC(C)n1nccc1NC(=O)Cc1[nH]c(C(C)=O)c(C)c1C(=O)OC. The minimum atomic E-state index is -0.585. The normalized spacial score (nSPS) is 11.9. The summed E-state index contributed by atoms with van der Waals surface area (Å²) < 4.78 is 6.52. The number of aromatic nitrogens is 3. The number of H-pyrrole nitrogens is 1. The summed E-state index contributed by atoms with van der Waals surface area (Å²) in [4.78, 5) is 39.2. The quantitative estimate of drug-likeness (QED) is 0.583. The van der Waals surface area contributed by atoms with E-state index in [1.54, 1.807) is 23.9 Å². The van der Waals surface area contributed by atoms with Crippen LogP contribution in [0.5, 0.6) is 0 Å². The van der Waals surface area contributed by atoms with Gasteiger partial charge in [-0.1, -0.05) is 6.92 Å². The molecule has 0 aliphatic heterocycles. The summed E-state index contributed by atoms with van der Waals surface area (Å²) in [6.07, 6.45) is 2.40. The topological polar surface area (TPSA) is 106 Å². The van der Waals surface area contributed by atoms with Gasteiger partial charge in [0, 0.05) is 18.7 Å². The molecule has 0 spiro atoms. The molecule has 0 fully saturated rings. The maximum Gasteiger partial charge on any atom is 0.339 e. The molecule has 0 aliphatic rings. The second kappa shape index (κ2) is 7.99. The summed E-state index contributed by atoms with van der Waals surface area (Å²) in [6, 6.07) is 1.86. The van der Waals surface area contributed by atoms with E-state index >= 15 is 0 Å². The highest BCUT2D eigenvalue weighted by molar-refractivity contribution is 6.02. The first-order valence-corrected chi connectivity index (χ1v) is 8.44. The average Bonchev–Trinajstić information content (AvgIpc) is 3.18. The number of nitrogens with zero attached hydrogens (tertiary/aromatic N) is 2. The number of amides is 1. The lowest BCUT2D eigenvalue weighted by molar-refractivity contribution is -0.115. The van der Waals surface area contributed by atoms with Crippen LogP contribution in [-0.2, 0) is 16.0 Å². The summed E-state index contributed by atoms with van der Waals surface area (Å²) in [5, 5.41) is 7.02. The van der Waals surface area contributed by atoms with Gasteiger partial charge in [-0.3, -0.25) is 9.59 Å². The molecule has 2 aromatic rings. The van der Waals surface area contributed by atoms with Crippen LogP contribution in [0.3, 0.4) is 0 Å². The first kappa shape index (κ1) is 19.4. The number of Topliss-reactive ketones (excluding diaryl/α,β-unsaturated/α-hetero) is 1. The Bertz CT molecular complexity index is 834. The molecule has 8 heteroatoms. The Balaban J connectivity index is 2.27. The van der Waals surface area contributed by atoms with Crippen molar-refractivity contribution in [1.82, 2.24) is 14.8 Å². The molecule has 1 amide bonds. The van der Waals surface area contributed by atoms with Gasteiger partial charge in [0.15, 0.2) is 5.78 Å². The van der Waals surface area contributed by atoms with E-state index in [0.717, 1.165) is 6.42 Å². The number of ether oxygens (including phenoxy) is 1. The number of methoxy groups -OCH3 is 1. The molecule has 1 atom stereocenters. The smallest absolute Gasteiger partial charge is 0.339 e. The minimum Gasteiger partial charge on any atom is -0.465 e. The van der Waals surface area contributed by atoms with Crippen molar-refractivity contribution in [2.75, 3.05) is 12.4 Å². The van der Waals surface area contributed by atoms with Gasteiger partial charge in [-0.05, 0) is 25.8 Å². The van der Waals surface area contributed by atoms with E-state index in [1.165, 1.54) is 14.0 Å². The first-order valence-electron chi connectivity index (χ1n) is 8.44. The Hall–Kier alpha value is -2.90. The van der Waals surface area contributed by atoms with Gasteiger partial charge in [0.05, 0.1) is 37.0 Å². The van der Waals surface area contributed by atoms with Crippen molar-refractivity contribution in [1.29, 1.82) is 0 Å². The van der Waals surface area contributed by atoms with Gasteiger partial charge in [-0.15, -0.1) is 0 Å². The Kier molecular flexibility index (Phi) is 5.97. The predicted octanol–water partition coefficient (Wildman–Crippen LogP) is 2.66. The number of hydrogen-bond acceptors (Lipinski definition) is 5. The summed E-state index contributed by atoms with van der Waals surface area (Å²) in [5.74, 6) is -0.538. The van der Waals surface area contributed by atoms with E-state index in [9.17, 15) is 14.4 Å². The third-order valence-electron chi connectivity index (χ3n) is 4.35. The van der Waals surface area contributed by atoms with E-state index in [2.05, 4.69) is 15.4 Å². The zero-order chi connectivity index (χ0) is 19.4. The lowest BCUT2D eigenvalue weighted by atomic mass is 10.1. The second-order valence-electron chi connectivity index (χ2n) is 6.17. The maximum atomic E-state index is 12.5. The van der Waals surface area contributed by atoms with Crippen molar-refractivity contribution >= 4 is 23.5 Å². The van der Waals surface area contributed by atoms with Crippen molar-refractivity contribution in [2.45, 2.75) is 46.6 Å². The van der Waals surface area contributed by atoms with Crippen LogP contribution in [0.4, 0.5) is 5.82 Å². The number of nitrogens with one attached hydrogen (secondary N) is 2. The van der Waals surface area contributed by atoms with Gasteiger partial charge < -0.3 is 15.0 Å². The molecule has 2 rings (SSSR count). The number of hydrogen-bond donors (Lipinski definition) is 2. The molecule has 26 heavy (non-hydrogen) atoms. The Morgan fingerprint density at radius 2 is 2.08 bits per heavy atom. The van der Waals surface area contributed by atoms with Crippen LogP contribution >= 0.6 is 0 Å². The molecule has 0 bridgehead atoms. The number of rotatable bonds is 7. The zero-order valence-corrected chi connectivity index (χ0v) is 15.7. The van der Waals surface area contributed by atoms with Gasteiger partial charge in [0.1, 0.15) is 5.82 Å². The highest BCUT2D eigenvalue weighted by Crippen LogP contribution is 2.22. The summed E-state index contributed by atoms with van der Waals surface area (Å²) in [7, 11) is 1.26. The van der Waals surface area contributed by atoms with Crippen molar-refractivity contribution in [3.63, 3.8) is 0 Å². The van der Waals surface area contributed by atoms with Crippen molar-refractivity contribution < 1.29 is 19.1 Å². The monoisotopic (exact) mass is 360 g/mol. The molecular formula is C18H24N4O4. The summed E-state index contributed by atoms with van der Waals surface area (Å²) in [5.41, 5.74) is 1.37. The minimum absolute atomic E-state index is 0.0930. The zero-order valence-electron chi connectivity index (χ0n) is 15.7.